The minimum Gasteiger partial charge on any atom is -0.505 e. The third-order valence-electron chi connectivity index (χ3n) is 1.35. The summed E-state index contributed by atoms with van der Waals surface area (Å²) in [6, 6.07) is 0. The number of aryl methyl sites for hydroxylation is 1. The Morgan fingerprint density at radius 1 is 1.50 bits per heavy atom. The van der Waals surface area contributed by atoms with Gasteiger partial charge >= 0.3 is 6.36 Å². The molecule has 0 atom stereocenters. The second-order valence-corrected chi connectivity index (χ2v) is 3.21. The predicted octanol–water partition coefficient (Wildman–Crippen LogP) is 2.76. The zero-order valence-electron chi connectivity index (χ0n) is 6.89. The molecular weight excluding hydrogens is 267 g/mol. The molecule has 14 heavy (non-hydrogen) atoms. The lowest BCUT2D eigenvalue weighted by molar-refractivity contribution is -0.275. The lowest BCUT2D eigenvalue weighted by Crippen LogP contribution is -2.18. The van der Waals surface area contributed by atoms with Gasteiger partial charge in [-0.05, 0) is 22.9 Å². The number of hydrogen-bond acceptors (Lipinski definition) is 3. The quantitative estimate of drug-likeness (QED) is 0.854. The largest absolute Gasteiger partial charge is 0.573 e. The van der Waals surface area contributed by atoms with Crippen LogP contribution in [0.5, 0.6) is 11.5 Å². The maximum absolute atomic E-state index is 11.9. The molecule has 0 saturated heterocycles. The summed E-state index contributed by atoms with van der Waals surface area (Å²) in [4.78, 5) is 3.52. The molecule has 1 aromatic rings. The van der Waals surface area contributed by atoms with E-state index < -0.39 is 17.9 Å². The number of alkyl halides is 3. The van der Waals surface area contributed by atoms with Gasteiger partial charge in [-0.2, -0.15) is 0 Å². The third-order valence-corrected chi connectivity index (χ3v) is 2.12. The average Bonchev–Trinajstić information content (AvgIpc) is 2.04. The number of hydrogen-bond donors (Lipinski definition) is 1. The van der Waals surface area contributed by atoms with Gasteiger partial charge in [0.25, 0.3) is 0 Å². The Kier molecular flexibility index (Phi) is 2.89. The molecule has 0 saturated carbocycles. The number of halogens is 4. The summed E-state index contributed by atoms with van der Waals surface area (Å²) in [6.07, 6.45) is -3.77. The fraction of sp³-hybridized carbons (Fsp3) is 0.286. The molecule has 3 nitrogen and oxygen atoms in total. The van der Waals surface area contributed by atoms with Gasteiger partial charge in [0.15, 0.2) is 11.5 Å². The topological polar surface area (TPSA) is 42.4 Å². The standard InChI is InChI=1S/C7H5BrF3NO2/c1-3-6(14-7(9,10)11)5(8)4(13)2-12-3/h2,13H,1H3. The number of ether oxygens (including phenoxy) is 1. The van der Waals surface area contributed by atoms with E-state index in [1.807, 2.05) is 0 Å². The Morgan fingerprint density at radius 3 is 2.57 bits per heavy atom. The van der Waals surface area contributed by atoms with E-state index in [1.54, 1.807) is 0 Å². The van der Waals surface area contributed by atoms with Crippen LogP contribution in [0.15, 0.2) is 10.7 Å². The highest BCUT2D eigenvalue weighted by atomic mass is 79.9. The first-order valence-corrected chi connectivity index (χ1v) is 4.20. The number of aromatic hydroxyl groups is 1. The average molecular weight is 272 g/mol. The highest BCUT2D eigenvalue weighted by molar-refractivity contribution is 9.10. The molecule has 0 radical (unpaired) electrons. The Labute approximate surface area is 85.7 Å². The van der Waals surface area contributed by atoms with Crippen molar-refractivity contribution in [1.82, 2.24) is 4.98 Å². The third kappa shape index (κ3) is 2.50. The molecule has 0 aliphatic heterocycles. The second-order valence-electron chi connectivity index (χ2n) is 2.42. The first-order valence-electron chi connectivity index (χ1n) is 3.41. The summed E-state index contributed by atoms with van der Waals surface area (Å²) < 4.78 is 39.2. The second kappa shape index (κ2) is 3.64. The Bertz CT molecular complexity index is 354. The Morgan fingerprint density at radius 2 is 2.07 bits per heavy atom. The number of nitrogens with zero attached hydrogens (tertiary/aromatic N) is 1. The highest BCUT2D eigenvalue weighted by Gasteiger charge is 2.33. The van der Waals surface area contributed by atoms with E-state index in [2.05, 4.69) is 25.7 Å². The van der Waals surface area contributed by atoms with Gasteiger partial charge in [-0.15, -0.1) is 13.2 Å². The fourth-order valence-electron chi connectivity index (χ4n) is 0.783. The van der Waals surface area contributed by atoms with Crippen molar-refractivity contribution < 1.29 is 23.0 Å². The van der Waals surface area contributed by atoms with E-state index >= 15 is 0 Å². The van der Waals surface area contributed by atoms with Crippen molar-refractivity contribution in [3.63, 3.8) is 0 Å². The SMILES string of the molecule is Cc1ncc(O)c(Br)c1OC(F)(F)F. The summed E-state index contributed by atoms with van der Waals surface area (Å²) in [5.41, 5.74) is 0.0343. The van der Waals surface area contributed by atoms with Crippen LogP contribution >= 0.6 is 15.9 Å². The van der Waals surface area contributed by atoms with Crippen LogP contribution in [0, 0.1) is 6.92 Å². The summed E-state index contributed by atoms with van der Waals surface area (Å²) in [7, 11) is 0. The summed E-state index contributed by atoms with van der Waals surface area (Å²) in [5.74, 6) is -0.938. The van der Waals surface area contributed by atoms with Crippen LogP contribution in [0.1, 0.15) is 5.69 Å². The molecule has 0 unspecified atom stereocenters. The van der Waals surface area contributed by atoms with Crippen molar-refractivity contribution in [3.8, 4) is 11.5 Å². The predicted molar refractivity (Wildman–Crippen MR) is 45.0 cm³/mol. The van der Waals surface area contributed by atoms with Crippen molar-refractivity contribution in [2.24, 2.45) is 0 Å². The molecule has 0 aliphatic rings. The molecule has 0 amide bonds. The molecule has 0 fully saturated rings. The van der Waals surface area contributed by atoms with Gasteiger partial charge < -0.3 is 9.84 Å². The molecule has 1 heterocycles. The molecule has 0 bridgehead atoms. The van der Waals surface area contributed by atoms with Crippen LogP contribution < -0.4 is 4.74 Å². The molecule has 1 aromatic heterocycles. The van der Waals surface area contributed by atoms with Crippen molar-refractivity contribution >= 4 is 15.9 Å². The number of rotatable bonds is 1. The van der Waals surface area contributed by atoms with Gasteiger partial charge in [0.2, 0.25) is 0 Å². The van der Waals surface area contributed by atoms with E-state index in [-0.39, 0.29) is 10.2 Å². The molecular formula is C7H5BrF3NO2. The molecule has 78 valence electrons. The van der Waals surface area contributed by atoms with Crippen LogP contribution in [0.2, 0.25) is 0 Å². The van der Waals surface area contributed by atoms with Crippen LogP contribution in [-0.4, -0.2) is 16.5 Å². The normalized spacial score (nSPS) is 11.5. The molecule has 0 aromatic carbocycles. The van der Waals surface area contributed by atoms with Crippen LogP contribution in [0.25, 0.3) is 0 Å². The van der Waals surface area contributed by atoms with E-state index in [0.717, 1.165) is 6.20 Å². The van der Waals surface area contributed by atoms with Gasteiger partial charge in [-0.25, -0.2) is 0 Å². The van der Waals surface area contributed by atoms with Crippen molar-refractivity contribution in [2.45, 2.75) is 13.3 Å². The summed E-state index contributed by atoms with van der Waals surface area (Å²) in [6.45, 7) is 1.34. The molecule has 1 rings (SSSR count). The van der Waals surface area contributed by atoms with Gasteiger partial charge in [0.1, 0.15) is 4.47 Å². The molecule has 1 N–H and O–H groups in total. The first-order chi connectivity index (χ1) is 6.31. The zero-order valence-corrected chi connectivity index (χ0v) is 8.48. The number of aromatic nitrogens is 1. The van der Waals surface area contributed by atoms with E-state index in [4.69, 9.17) is 5.11 Å². The Hall–Kier alpha value is -0.980. The maximum atomic E-state index is 11.9. The smallest absolute Gasteiger partial charge is 0.505 e. The molecule has 0 aliphatic carbocycles. The highest BCUT2D eigenvalue weighted by Crippen LogP contribution is 2.37. The lowest BCUT2D eigenvalue weighted by atomic mass is 10.3. The van der Waals surface area contributed by atoms with Crippen molar-refractivity contribution in [3.05, 3.63) is 16.4 Å². The monoisotopic (exact) mass is 271 g/mol. The first kappa shape index (κ1) is 11.1. The Balaban J connectivity index is 3.13. The minimum atomic E-state index is -4.80. The van der Waals surface area contributed by atoms with Crippen molar-refractivity contribution in [1.29, 1.82) is 0 Å². The van der Waals surface area contributed by atoms with Gasteiger partial charge in [-0.1, -0.05) is 0 Å². The summed E-state index contributed by atoms with van der Waals surface area (Å²) in [5, 5.41) is 9.06. The molecule has 0 spiro atoms. The molecule has 7 heteroatoms. The van der Waals surface area contributed by atoms with Gasteiger partial charge in [0, 0.05) is 0 Å². The number of pyridine rings is 1. The van der Waals surface area contributed by atoms with E-state index in [9.17, 15) is 13.2 Å². The summed E-state index contributed by atoms with van der Waals surface area (Å²) >= 11 is 2.77. The van der Waals surface area contributed by atoms with Crippen LogP contribution in [0.4, 0.5) is 13.2 Å². The van der Waals surface area contributed by atoms with Crippen LogP contribution in [0.3, 0.4) is 0 Å². The zero-order chi connectivity index (χ0) is 10.9. The van der Waals surface area contributed by atoms with E-state index in [1.165, 1.54) is 6.92 Å². The lowest BCUT2D eigenvalue weighted by Gasteiger charge is -2.12. The maximum Gasteiger partial charge on any atom is 0.573 e. The fourth-order valence-corrected chi connectivity index (χ4v) is 1.25. The van der Waals surface area contributed by atoms with Gasteiger partial charge in [-0.3, -0.25) is 4.98 Å². The van der Waals surface area contributed by atoms with E-state index in [0.29, 0.717) is 0 Å². The van der Waals surface area contributed by atoms with Crippen LogP contribution in [-0.2, 0) is 0 Å². The van der Waals surface area contributed by atoms with Gasteiger partial charge in [0.05, 0.1) is 11.9 Å². The van der Waals surface area contributed by atoms with Crippen molar-refractivity contribution in [2.75, 3.05) is 0 Å². The minimum absolute atomic E-state index is 0.0343.